The van der Waals surface area contributed by atoms with Gasteiger partial charge in [-0.15, -0.1) is 0 Å². The molecule has 7 aromatic rings. The van der Waals surface area contributed by atoms with E-state index in [0.717, 1.165) is 59.3 Å². The van der Waals surface area contributed by atoms with Crippen LogP contribution in [0.1, 0.15) is 89.8 Å². The number of hydrogen-bond acceptors (Lipinski definition) is 8. The standard InChI is InChI=1S/C62H60Cl4N2O6/c1-5-53(72-37-35-41-15-11-9-12-16-41)67-47-27-19-43(20-28-47)51(45-23-31-49(32-24-45)70-7-3)39-62(56-55(61(69)74-62)57(63)59(65)60(66)58(56)64)40-52(46-25-33-50(34-26-46)71-8-4)44-21-29-48(30-22-44)68-54(6-2)73-38-36-42-17-13-10-14-18-42/h9-34,39-40,53-54,67-68H,5-8,35-38H2,1-4H3/b51-39-,52-40-. The van der Waals surface area contributed by atoms with Crippen molar-refractivity contribution >= 4 is 74.9 Å². The highest BCUT2D eigenvalue weighted by atomic mass is 35.5. The Morgan fingerprint density at radius 1 is 0.514 bits per heavy atom. The van der Waals surface area contributed by atoms with Gasteiger partial charge in [-0.1, -0.05) is 169 Å². The fourth-order valence-electron chi connectivity index (χ4n) is 8.90. The molecule has 0 aromatic heterocycles. The summed E-state index contributed by atoms with van der Waals surface area (Å²) in [6.45, 7) is 10.2. The number of nitrogens with one attached hydrogen (secondary N) is 2. The lowest BCUT2D eigenvalue weighted by Gasteiger charge is -2.27. The molecule has 1 aliphatic heterocycles. The van der Waals surface area contributed by atoms with E-state index in [4.69, 9.17) is 70.1 Å². The molecule has 0 spiro atoms. The molecule has 0 saturated carbocycles. The molecule has 12 heteroatoms. The van der Waals surface area contributed by atoms with Crippen molar-refractivity contribution in [1.82, 2.24) is 0 Å². The first-order valence-corrected chi connectivity index (χ1v) is 26.6. The molecule has 2 unspecified atom stereocenters. The van der Waals surface area contributed by atoms with Gasteiger partial charge in [-0.3, -0.25) is 0 Å². The highest BCUT2D eigenvalue weighted by Crippen LogP contribution is 2.53. The summed E-state index contributed by atoms with van der Waals surface area (Å²) in [7, 11) is 0. The minimum Gasteiger partial charge on any atom is -0.494 e. The Labute approximate surface area is 455 Å². The predicted octanol–water partition coefficient (Wildman–Crippen LogP) is 16.5. The van der Waals surface area contributed by atoms with Crippen molar-refractivity contribution in [2.45, 2.75) is 71.4 Å². The van der Waals surface area contributed by atoms with Crippen molar-refractivity contribution in [3.8, 4) is 11.5 Å². The Bertz CT molecular complexity index is 2860. The van der Waals surface area contributed by atoms with Gasteiger partial charge >= 0.3 is 5.97 Å². The Balaban J connectivity index is 1.24. The molecule has 8 rings (SSSR count). The molecule has 7 aromatic carbocycles. The molecule has 0 fully saturated rings. The molecular weight excluding hydrogens is 1010 g/mol. The summed E-state index contributed by atoms with van der Waals surface area (Å²) in [5, 5.41) is 7.02. The van der Waals surface area contributed by atoms with E-state index in [1.807, 2.05) is 159 Å². The fourth-order valence-corrected chi connectivity index (χ4v) is 9.97. The highest BCUT2D eigenvalue weighted by molar-refractivity contribution is 6.53. The minimum absolute atomic E-state index is 0.00872. The number of cyclic esters (lactones) is 1. The second-order valence-corrected chi connectivity index (χ2v) is 19.2. The van der Waals surface area contributed by atoms with Gasteiger partial charge in [-0.05, 0) is 145 Å². The molecule has 1 heterocycles. The zero-order chi connectivity index (χ0) is 52.0. The molecule has 2 N–H and O–H groups in total. The first kappa shape index (κ1) is 54.0. The van der Waals surface area contributed by atoms with Crippen molar-refractivity contribution in [1.29, 1.82) is 0 Å². The van der Waals surface area contributed by atoms with Crippen LogP contribution < -0.4 is 20.1 Å². The maximum absolute atomic E-state index is 14.5. The van der Waals surface area contributed by atoms with E-state index in [-0.39, 0.29) is 43.7 Å². The van der Waals surface area contributed by atoms with Gasteiger partial charge < -0.3 is 34.3 Å². The molecule has 2 atom stereocenters. The number of anilines is 2. The SMILES string of the molecule is CCOc1ccc(/C(=C\C2(/C=C(/c3ccc(NC(CC)OCCc4ccccc4)cc3)c3ccc(OCC)cc3)OC(=O)c3c(Cl)c(Cl)c(Cl)c(Cl)c32)c2ccc(NC(CC)OCCc3ccccc3)cc2)cc1. The lowest BCUT2D eigenvalue weighted by Crippen LogP contribution is -2.24. The third-order valence-corrected chi connectivity index (χ3v) is 14.5. The number of hydrogen-bond donors (Lipinski definition) is 2. The Morgan fingerprint density at radius 3 is 1.27 bits per heavy atom. The van der Waals surface area contributed by atoms with Gasteiger partial charge in [0.15, 0.2) is 5.60 Å². The zero-order valence-corrected chi connectivity index (χ0v) is 45.0. The van der Waals surface area contributed by atoms with Crippen LogP contribution in [-0.2, 0) is 32.7 Å². The van der Waals surface area contributed by atoms with E-state index in [1.54, 1.807) is 0 Å². The average Bonchev–Trinajstić information content (AvgIpc) is 3.72. The van der Waals surface area contributed by atoms with Gasteiger partial charge in [-0.25, -0.2) is 4.79 Å². The lowest BCUT2D eigenvalue weighted by molar-refractivity contribution is 0.0300. The van der Waals surface area contributed by atoms with Gasteiger partial charge in [0.1, 0.15) is 24.0 Å². The van der Waals surface area contributed by atoms with Crippen LogP contribution in [-0.4, -0.2) is 44.9 Å². The quantitative estimate of drug-likeness (QED) is 0.0268. The Hall–Kier alpha value is -6.23. The van der Waals surface area contributed by atoms with Crippen molar-refractivity contribution in [2.24, 2.45) is 0 Å². The summed E-state index contributed by atoms with van der Waals surface area (Å²) in [4.78, 5) is 14.5. The first-order valence-electron chi connectivity index (χ1n) is 25.1. The molecule has 382 valence electrons. The number of benzene rings is 7. The van der Waals surface area contributed by atoms with E-state index in [9.17, 15) is 4.79 Å². The third-order valence-electron chi connectivity index (χ3n) is 12.7. The maximum atomic E-state index is 14.5. The molecule has 0 amide bonds. The normalized spacial score (nSPS) is 15.3. The molecular formula is C62H60Cl4N2O6. The lowest BCUT2D eigenvalue weighted by atomic mass is 9.83. The number of halogens is 4. The van der Waals surface area contributed by atoms with Crippen LogP contribution in [0, 0.1) is 0 Å². The van der Waals surface area contributed by atoms with E-state index < -0.39 is 11.6 Å². The number of esters is 1. The van der Waals surface area contributed by atoms with Crippen LogP contribution in [0.2, 0.25) is 20.1 Å². The van der Waals surface area contributed by atoms with Crippen molar-refractivity contribution in [3.63, 3.8) is 0 Å². The average molecular weight is 1070 g/mol. The number of rotatable bonds is 24. The van der Waals surface area contributed by atoms with Gasteiger partial charge in [0, 0.05) is 16.9 Å². The largest absolute Gasteiger partial charge is 0.494 e. The smallest absolute Gasteiger partial charge is 0.341 e. The van der Waals surface area contributed by atoms with Crippen molar-refractivity contribution in [3.05, 3.63) is 234 Å². The van der Waals surface area contributed by atoms with Crippen LogP contribution in [0.15, 0.2) is 170 Å². The number of carbonyl (C=O) groups excluding carboxylic acids is 1. The molecule has 0 bridgehead atoms. The van der Waals surface area contributed by atoms with Crippen LogP contribution in [0.25, 0.3) is 11.1 Å². The second kappa shape index (κ2) is 25.8. The third kappa shape index (κ3) is 13.2. The molecule has 8 nitrogen and oxygen atoms in total. The van der Waals surface area contributed by atoms with Gasteiger partial charge in [0.2, 0.25) is 0 Å². The fraction of sp³-hybridized carbons (Fsp3) is 0.242. The summed E-state index contributed by atoms with van der Waals surface area (Å²) >= 11 is 27.9. The van der Waals surface area contributed by atoms with E-state index >= 15 is 0 Å². The Morgan fingerprint density at radius 2 is 0.892 bits per heavy atom. The molecule has 0 radical (unpaired) electrons. The van der Waals surface area contributed by atoms with Gasteiger partial charge in [-0.2, -0.15) is 0 Å². The highest BCUT2D eigenvalue weighted by Gasteiger charge is 2.48. The molecule has 0 saturated heterocycles. The topological polar surface area (TPSA) is 87.3 Å². The van der Waals surface area contributed by atoms with Gasteiger partial charge in [0.25, 0.3) is 0 Å². The van der Waals surface area contributed by atoms with E-state index in [2.05, 4.69) is 48.7 Å². The number of ether oxygens (including phenoxy) is 5. The summed E-state index contributed by atoms with van der Waals surface area (Å²) in [6, 6.07) is 52.3. The number of carbonyl (C=O) groups is 1. The summed E-state index contributed by atoms with van der Waals surface area (Å²) in [5.74, 6) is 0.692. The minimum atomic E-state index is -1.73. The van der Waals surface area contributed by atoms with Crippen molar-refractivity contribution < 1.29 is 28.5 Å². The van der Waals surface area contributed by atoms with E-state index in [0.29, 0.717) is 49.1 Å². The van der Waals surface area contributed by atoms with Crippen LogP contribution in [0.5, 0.6) is 11.5 Å². The summed E-state index contributed by atoms with van der Waals surface area (Å²) in [5.41, 5.74) is 7.38. The van der Waals surface area contributed by atoms with E-state index in [1.165, 1.54) is 11.1 Å². The van der Waals surface area contributed by atoms with Crippen LogP contribution >= 0.6 is 46.4 Å². The first-order chi connectivity index (χ1) is 36.0. The Kier molecular flexibility index (Phi) is 18.9. The predicted molar refractivity (Wildman–Crippen MR) is 303 cm³/mol. The van der Waals surface area contributed by atoms with Crippen molar-refractivity contribution in [2.75, 3.05) is 37.1 Å². The maximum Gasteiger partial charge on any atom is 0.341 e. The van der Waals surface area contributed by atoms with Gasteiger partial charge in [0.05, 0.1) is 52.1 Å². The summed E-state index contributed by atoms with van der Waals surface area (Å²) < 4.78 is 31.0. The number of fused-ring (bicyclic) bond motifs is 1. The molecule has 74 heavy (non-hydrogen) atoms. The zero-order valence-electron chi connectivity index (χ0n) is 41.9. The second-order valence-electron chi connectivity index (χ2n) is 17.7. The summed E-state index contributed by atoms with van der Waals surface area (Å²) in [6.07, 6.45) is 6.50. The molecule has 0 aliphatic carbocycles. The molecule has 1 aliphatic rings. The monoisotopic (exact) mass is 1070 g/mol. The van der Waals surface area contributed by atoms with Crippen LogP contribution in [0.4, 0.5) is 11.4 Å². The van der Waals surface area contributed by atoms with Crippen LogP contribution in [0.3, 0.4) is 0 Å².